The lowest BCUT2D eigenvalue weighted by atomic mass is 10.0. The molecule has 2 aromatic rings. The van der Waals surface area contributed by atoms with Crippen molar-refractivity contribution in [3.8, 4) is 5.75 Å². The van der Waals surface area contributed by atoms with Crippen molar-refractivity contribution in [3.05, 3.63) is 47.8 Å². The summed E-state index contributed by atoms with van der Waals surface area (Å²) >= 11 is 0. The Morgan fingerprint density at radius 1 is 1.42 bits per heavy atom. The fourth-order valence-electron chi connectivity index (χ4n) is 2.46. The molecule has 0 aliphatic carbocycles. The van der Waals surface area contributed by atoms with Crippen LogP contribution in [0, 0.1) is 6.92 Å². The molecule has 4 nitrogen and oxygen atoms in total. The molecule has 0 spiro atoms. The summed E-state index contributed by atoms with van der Waals surface area (Å²) < 4.78 is 7.65. The van der Waals surface area contributed by atoms with Gasteiger partial charge >= 0.3 is 0 Å². The Morgan fingerprint density at radius 3 is 3.16 bits per heavy atom. The Labute approximate surface area is 113 Å². The van der Waals surface area contributed by atoms with Crippen LogP contribution < -0.4 is 10.1 Å². The number of aromatic nitrogens is 2. The van der Waals surface area contributed by atoms with Crippen LogP contribution in [0.2, 0.25) is 0 Å². The predicted molar refractivity (Wildman–Crippen MR) is 74.5 cm³/mol. The molecule has 0 bridgehead atoms. The van der Waals surface area contributed by atoms with Crippen LogP contribution in [0.4, 0.5) is 0 Å². The first-order valence-corrected chi connectivity index (χ1v) is 6.74. The van der Waals surface area contributed by atoms with Gasteiger partial charge in [-0.3, -0.25) is 4.68 Å². The highest BCUT2D eigenvalue weighted by Crippen LogP contribution is 2.32. The van der Waals surface area contributed by atoms with E-state index in [0.717, 1.165) is 32.0 Å². The van der Waals surface area contributed by atoms with Gasteiger partial charge in [0.25, 0.3) is 0 Å². The highest BCUT2D eigenvalue weighted by atomic mass is 16.5. The zero-order valence-electron chi connectivity index (χ0n) is 11.2. The number of hydrogen-bond donors (Lipinski definition) is 1. The van der Waals surface area contributed by atoms with Gasteiger partial charge < -0.3 is 10.1 Å². The molecule has 0 fully saturated rings. The van der Waals surface area contributed by atoms with Crippen molar-refractivity contribution < 1.29 is 4.74 Å². The second-order valence-electron chi connectivity index (χ2n) is 5.03. The van der Waals surface area contributed by atoms with Gasteiger partial charge in [-0.1, -0.05) is 18.2 Å². The lowest BCUT2D eigenvalue weighted by molar-refractivity contribution is 0.326. The van der Waals surface area contributed by atoms with Crippen molar-refractivity contribution in [2.45, 2.75) is 19.4 Å². The molecule has 1 aliphatic heterocycles. The van der Waals surface area contributed by atoms with Gasteiger partial charge in [-0.25, -0.2) is 0 Å². The van der Waals surface area contributed by atoms with E-state index in [1.807, 2.05) is 23.0 Å². The average Bonchev–Trinajstić information content (AvgIpc) is 3.02. The van der Waals surface area contributed by atoms with Gasteiger partial charge in [0.15, 0.2) is 0 Å². The second-order valence-corrected chi connectivity index (χ2v) is 5.03. The monoisotopic (exact) mass is 257 g/mol. The van der Waals surface area contributed by atoms with Crippen molar-refractivity contribution in [1.82, 2.24) is 15.1 Å². The molecule has 1 aromatic heterocycles. The van der Waals surface area contributed by atoms with Crippen molar-refractivity contribution in [2.24, 2.45) is 0 Å². The number of nitrogens with zero attached hydrogens (tertiary/aromatic N) is 2. The summed E-state index contributed by atoms with van der Waals surface area (Å²) in [6.07, 6.45) is 3.96. The number of benzene rings is 1. The maximum absolute atomic E-state index is 5.67. The van der Waals surface area contributed by atoms with Gasteiger partial charge in [-0.05, 0) is 18.6 Å². The Morgan fingerprint density at radius 2 is 2.32 bits per heavy atom. The summed E-state index contributed by atoms with van der Waals surface area (Å²) in [5.74, 6) is 1.51. The van der Waals surface area contributed by atoms with E-state index in [0.29, 0.717) is 5.92 Å². The molecule has 1 aliphatic rings. The van der Waals surface area contributed by atoms with Crippen molar-refractivity contribution in [1.29, 1.82) is 0 Å². The molecule has 19 heavy (non-hydrogen) atoms. The third-order valence-electron chi connectivity index (χ3n) is 3.47. The number of ether oxygens (including phenoxy) is 1. The number of fused-ring (bicyclic) bond motifs is 1. The van der Waals surface area contributed by atoms with Crippen molar-refractivity contribution >= 4 is 0 Å². The van der Waals surface area contributed by atoms with Crippen LogP contribution in [-0.4, -0.2) is 29.5 Å². The highest BCUT2D eigenvalue weighted by molar-refractivity contribution is 5.39. The van der Waals surface area contributed by atoms with Crippen LogP contribution in [0.3, 0.4) is 0 Å². The number of nitrogens with one attached hydrogen (secondary N) is 1. The van der Waals surface area contributed by atoms with Crippen LogP contribution in [-0.2, 0) is 6.54 Å². The maximum atomic E-state index is 5.67. The maximum Gasteiger partial charge on any atom is 0.122 e. The fourth-order valence-corrected chi connectivity index (χ4v) is 2.46. The van der Waals surface area contributed by atoms with Crippen LogP contribution in [0.5, 0.6) is 5.75 Å². The van der Waals surface area contributed by atoms with E-state index in [-0.39, 0.29) is 0 Å². The van der Waals surface area contributed by atoms with E-state index in [1.165, 1.54) is 11.1 Å². The third-order valence-corrected chi connectivity index (χ3v) is 3.47. The van der Waals surface area contributed by atoms with E-state index in [9.17, 15) is 0 Å². The van der Waals surface area contributed by atoms with Crippen LogP contribution in [0.1, 0.15) is 17.0 Å². The zero-order chi connectivity index (χ0) is 13.1. The first-order chi connectivity index (χ1) is 9.33. The van der Waals surface area contributed by atoms with E-state index in [4.69, 9.17) is 4.74 Å². The minimum Gasteiger partial charge on any atom is -0.493 e. The van der Waals surface area contributed by atoms with Crippen molar-refractivity contribution in [2.75, 3.05) is 19.7 Å². The number of rotatable bonds is 5. The lowest BCUT2D eigenvalue weighted by Crippen LogP contribution is -2.26. The Kier molecular flexibility index (Phi) is 3.51. The molecule has 1 aromatic carbocycles. The lowest BCUT2D eigenvalue weighted by Gasteiger charge is -2.10. The van der Waals surface area contributed by atoms with Gasteiger partial charge in [0, 0.05) is 30.8 Å². The van der Waals surface area contributed by atoms with Gasteiger partial charge in [0.2, 0.25) is 0 Å². The molecule has 0 amide bonds. The fraction of sp³-hybridized carbons (Fsp3) is 0.400. The molecule has 100 valence electrons. The third kappa shape index (κ3) is 2.79. The summed E-state index contributed by atoms with van der Waals surface area (Å²) in [5.41, 5.74) is 2.53. The van der Waals surface area contributed by atoms with Crippen LogP contribution in [0.15, 0.2) is 36.7 Å². The van der Waals surface area contributed by atoms with E-state index >= 15 is 0 Å². The minimum atomic E-state index is 0.468. The highest BCUT2D eigenvalue weighted by Gasteiger charge is 2.22. The predicted octanol–water partition coefficient (Wildman–Crippen LogP) is 1.96. The first-order valence-electron chi connectivity index (χ1n) is 6.74. The topological polar surface area (TPSA) is 39.1 Å². The van der Waals surface area contributed by atoms with Gasteiger partial charge in [0.05, 0.1) is 19.3 Å². The first kappa shape index (κ1) is 12.2. The molecule has 0 radical (unpaired) electrons. The second kappa shape index (κ2) is 5.45. The Balaban J connectivity index is 1.46. The molecule has 4 heteroatoms. The van der Waals surface area contributed by atoms with Crippen LogP contribution in [0.25, 0.3) is 0 Å². The standard InChI is InChI=1S/C15H19N3O/c1-12-8-17-18(10-12)7-6-16-9-13-11-19-15-5-3-2-4-14(13)15/h2-5,8,10,13,16H,6-7,9,11H2,1H3. The molecule has 0 saturated heterocycles. The molecule has 1 atom stereocenters. The zero-order valence-corrected chi connectivity index (χ0v) is 11.2. The van der Waals surface area contributed by atoms with Gasteiger partial charge in [0.1, 0.15) is 5.75 Å². The number of para-hydroxylation sites is 1. The smallest absolute Gasteiger partial charge is 0.122 e. The van der Waals surface area contributed by atoms with Crippen molar-refractivity contribution in [3.63, 3.8) is 0 Å². The Hall–Kier alpha value is -1.81. The van der Waals surface area contributed by atoms with E-state index in [1.54, 1.807) is 0 Å². The summed E-state index contributed by atoms with van der Waals surface area (Å²) in [6.45, 7) is 5.64. The molecular weight excluding hydrogens is 238 g/mol. The minimum absolute atomic E-state index is 0.468. The average molecular weight is 257 g/mol. The Bertz CT molecular complexity index is 550. The van der Waals surface area contributed by atoms with Crippen LogP contribution >= 0.6 is 0 Å². The summed E-state index contributed by atoms with van der Waals surface area (Å²) in [5, 5.41) is 7.76. The molecule has 2 heterocycles. The summed E-state index contributed by atoms with van der Waals surface area (Å²) in [7, 11) is 0. The quantitative estimate of drug-likeness (QED) is 0.832. The van der Waals surface area contributed by atoms with E-state index in [2.05, 4.69) is 35.7 Å². The SMILES string of the molecule is Cc1cnn(CCNCC2COc3ccccc32)c1. The molecule has 3 rings (SSSR count). The largest absolute Gasteiger partial charge is 0.493 e. The van der Waals surface area contributed by atoms with Gasteiger partial charge in [-0.15, -0.1) is 0 Å². The summed E-state index contributed by atoms with van der Waals surface area (Å²) in [4.78, 5) is 0. The van der Waals surface area contributed by atoms with E-state index < -0.39 is 0 Å². The molecular formula is C15H19N3O. The summed E-state index contributed by atoms with van der Waals surface area (Å²) in [6, 6.07) is 8.30. The number of hydrogen-bond acceptors (Lipinski definition) is 3. The number of aryl methyl sites for hydroxylation is 1. The van der Waals surface area contributed by atoms with Gasteiger partial charge in [-0.2, -0.15) is 5.10 Å². The molecule has 1 N–H and O–H groups in total. The molecule has 1 unspecified atom stereocenters. The molecule has 0 saturated carbocycles. The normalized spacial score (nSPS) is 17.2.